The van der Waals surface area contributed by atoms with Gasteiger partial charge in [0.05, 0.1) is 31.8 Å². The fraction of sp³-hybridized carbons (Fsp3) is 0.571. The summed E-state index contributed by atoms with van der Waals surface area (Å²) in [4.78, 5) is 24.4. The average molecular weight is 371 g/mol. The molecule has 27 heavy (non-hydrogen) atoms. The van der Waals surface area contributed by atoms with Gasteiger partial charge in [-0.15, -0.1) is 0 Å². The summed E-state index contributed by atoms with van der Waals surface area (Å²) in [5, 5.41) is 9.97. The van der Waals surface area contributed by atoms with Crippen molar-refractivity contribution in [2.75, 3.05) is 20.3 Å². The summed E-state index contributed by atoms with van der Waals surface area (Å²) in [6.45, 7) is 2.54. The van der Waals surface area contributed by atoms with Gasteiger partial charge in [0.2, 0.25) is 0 Å². The Morgan fingerprint density at radius 1 is 1.33 bits per heavy atom. The molecule has 0 heterocycles. The molecule has 2 aliphatic carbocycles. The molecular formula is C21H25NO5. The number of benzene rings is 1. The van der Waals surface area contributed by atoms with Crippen LogP contribution in [0.2, 0.25) is 0 Å². The van der Waals surface area contributed by atoms with Crippen LogP contribution in [-0.4, -0.2) is 32.1 Å². The number of carbonyl (C=O) groups is 2. The van der Waals surface area contributed by atoms with E-state index in [9.17, 15) is 14.9 Å². The van der Waals surface area contributed by atoms with Gasteiger partial charge in [-0.2, -0.15) is 5.26 Å². The summed E-state index contributed by atoms with van der Waals surface area (Å²) in [6.07, 6.45) is 3.05. The molecule has 0 spiro atoms. The number of nitrogens with zero attached hydrogens (tertiary/aromatic N) is 1. The number of hydrogen-bond acceptors (Lipinski definition) is 6. The molecule has 0 aromatic heterocycles. The van der Waals surface area contributed by atoms with E-state index in [2.05, 4.69) is 6.07 Å². The highest BCUT2D eigenvalue weighted by molar-refractivity contribution is 6.00. The number of esters is 1. The molecule has 6 nitrogen and oxygen atoms in total. The normalized spacial score (nSPS) is 24.8. The molecule has 2 aliphatic rings. The van der Waals surface area contributed by atoms with Crippen molar-refractivity contribution in [1.82, 2.24) is 0 Å². The molecule has 0 bridgehead atoms. The standard InChI is InChI=1S/C21H25NO5/c1-3-26-20(24)16-11-21(13-22,9-8-17(16)23)15-6-7-18(25-2)19(10-15)27-12-14-4-5-14/h6-7,10,14,16H,3-5,8-9,11-12H2,1-2H3. The monoisotopic (exact) mass is 371 g/mol. The molecule has 0 N–H and O–H groups in total. The number of nitriles is 1. The highest BCUT2D eigenvalue weighted by atomic mass is 16.5. The first kappa shape index (κ1) is 19.2. The SMILES string of the molecule is CCOC(=O)C1CC(C#N)(c2ccc(OC)c(OCC3CC3)c2)CCC1=O. The third-order valence-corrected chi connectivity index (χ3v) is 5.41. The third kappa shape index (κ3) is 4.08. The van der Waals surface area contributed by atoms with Crippen LogP contribution in [0.25, 0.3) is 0 Å². The molecule has 0 amide bonds. The molecule has 2 saturated carbocycles. The van der Waals surface area contributed by atoms with Gasteiger partial charge in [-0.25, -0.2) is 0 Å². The zero-order chi connectivity index (χ0) is 19.4. The number of carbonyl (C=O) groups excluding carboxylic acids is 2. The van der Waals surface area contributed by atoms with Crippen LogP contribution < -0.4 is 9.47 Å². The first-order valence-electron chi connectivity index (χ1n) is 9.45. The van der Waals surface area contributed by atoms with Crippen molar-refractivity contribution in [3.8, 4) is 17.6 Å². The van der Waals surface area contributed by atoms with E-state index in [1.165, 1.54) is 12.8 Å². The van der Waals surface area contributed by atoms with Crippen LogP contribution in [-0.2, 0) is 19.7 Å². The predicted molar refractivity (Wildman–Crippen MR) is 97.5 cm³/mol. The molecular weight excluding hydrogens is 346 g/mol. The molecule has 1 aromatic carbocycles. The number of hydrogen-bond donors (Lipinski definition) is 0. The largest absolute Gasteiger partial charge is 0.493 e. The molecule has 2 unspecified atom stereocenters. The van der Waals surface area contributed by atoms with Crippen molar-refractivity contribution >= 4 is 11.8 Å². The van der Waals surface area contributed by atoms with Crippen molar-refractivity contribution in [2.24, 2.45) is 11.8 Å². The lowest BCUT2D eigenvalue weighted by molar-refractivity contribution is -0.153. The van der Waals surface area contributed by atoms with Crippen LogP contribution in [0.4, 0.5) is 0 Å². The Labute approximate surface area is 159 Å². The van der Waals surface area contributed by atoms with E-state index in [-0.39, 0.29) is 25.2 Å². The second-order valence-corrected chi connectivity index (χ2v) is 7.29. The fourth-order valence-corrected chi connectivity index (χ4v) is 3.54. The molecule has 144 valence electrons. The lowest BCUT2D eigenvalue weighted by Gasteiger charge is -2.34. The topological polar surface area (TPSA) is 85.6 Å². The highest BCUT2D eigenvalue weighted by Crippen LogP contribution is 2.43. The minimum Gasteiger partial charge on any atom is -0.493 e. The van der Waals surface area contributed by atoms with E-state index in [4.69, 9.17) is 14.2 Å². The summed E-state index contributed by atoms with van der Waals surface area (Å²) in [5.74, 6) is 0.209. The van der Waals surface area contributed by atoms with Gasteiger partial charge in [0.15, 0.2) is 11.5 Å². The van der Waals surface area contributed by atoms with Gasteiger partial charge in [-0.1, -0.05) is 6.07 Å². The van der Waals surface area contributed by atoms with Crippen molar-refractivity contribution < 1.29 is 23.8 Å². The van der Waals surface area contributed by atoms with E-state index >= 15 is 0 Å². The quantitative estimate of drug-likeness (QED) is 0.540. The maximum absolute atomic E-state index is 12.2. The van der Waals surface area contributed by atoms with E-state index in [1.54, 1.807) is 20.1 Å². The summed E-state index contributed by atoms with van der Waals surface area (Å²) in [6, 6.07) is 7.80. The van der Waals surface area contributed by atoms with Crippen molar-refractivity contribution in [3.05, 3.63) is 23.8 Å². The molecule has 1 aromatic rings. The summed E-state index contributed by atoms with van der Waals surface area (Å²) in [7, 11) is 1.58. The van der Waals surface area contributed by atoms with Crippen LogP contribution in [0.3, 0.4) is 0 Å². The molecule has 3 rings (SSSR count). The van der Waals surface area contributed by atoms with Gasteiger partial charge < -0.3 is 14.2 Å². The Hall–Kier alpha value is -2.55. The third-order valence-electron chi connectivity index (χ3n) is 5.41. The first-order chi connectivity index (χ1) is 13.0. The van der Waals surface area contributed by atoms with E-state index in [0.29, 0.717) is 30.4 Å². The van der Waals surface area contributed by atoms with Crippen LogP contribution in [0, 0.1) is 23.2 Å². The van der Waals surface area contributed by atoms with E-state index in [0.717, 1.165) is 5.56 Å². The number of rotatable bonds is 7. The van der Waals surface area contributed by atoms with Gasteiger partial charge in [-0.05, 0) is 56.2 Å². The molecule has 0 aliphatic heterocycles. The first-order valence-corrected chi connectivity index (χ1v) is 9.45. The Kier molecular flexibility index (Phi) is 5.69. The van der Waals surface area contributed by atoms with Crippen molar-refractivity contribution in [3.63, 3.8) is 0 Å². The smallest absolute Gasteiger partial charge is 0.316 e. The van der Waals surface area contributed by atoms with Gasteiger partial charge in [-0.3, -0.25) is 9.59 Å². The van der Waals surface area contributed by atoms with Crippen molar-refractivity contribution in [2.45, 2.75) is 44.4 Å². The predicted octanol–water partition coefficient (Wildman–Crippen LogP) is 3.18. The molecule has 0 radical (unpaired) electrons. The second-order valence-electron chi connectivity index (χ2n) is 7.29. The van der Waals surface area contributed by atoms with Gasteiger partial charge in [0, 0.05) is 6.42 Å². The minimum absolute atomic E-state index is 0.134. The Balaban J connectivity index is 1.89. The lowest BCUT2D eigenvalue weighted by atomic mass is 9.66. The van der Waals surface area contributed by atoms with Crippen LogP contribution in [0.5, 0.6) is 11.5 Å². The zero-order valence-corrected chi connectivity index (χ0v) is 15.8. The number of methoxy groups -OCH3 is 1. The summed E-state index contributed by atoms with van der Waals surface area (Å²) >= 11 is 0. The Morgan fingerprint density at radius 3 is 2.74 bits per heavy atom. The van der Waals surface area contributed by atoms with Crippen LogP contribution in [0.1, 0.15) is 44.6 Å². The maximum atomic E-state index is 12.2. The highest BCUT2D eigenvalue weighted by Gasteiger charge is 2.45. The Morgan fingerprint density at radius 2 is 2.11 bits per heavy atom. The average Bonchev–Trinajstić information content (AvgIpc) is 3.51. The molecule has 0 saturated heterocycles. The summed E-state index contributed by atoms with van der Waals surface area (Å²) < 4.78 is 16.3. The Bertz CT molecular complexity index is 764. The molecule has 2 fully saturated rings. The zero-order valence-electron chi connectivity index (χ0n) is 15.8. The van der Waals surface area contributed by atoms with Crippen LogP contribution in [0.15, 0.2) is 18.2 Å². The van der Waals surface area contributed by atoms with E-state index < -0.39 is 17.3 Å². The van der Waals surface area contributed by atoms with E-state index in [1.807, 2.05) is 12.1 Å². The number of ether oxygens (including phenoxy) is 3. The molecule has 6 heteroatoms. The number of ketones is 1. The fourth-order valence-electron chi connectivity index (χ4n) is 3.54. The van der Waals surface area contributed by atoms with Gasteiger partial charge in [0.25, 0.3) is 0 Å². The van der Waals surface area contributed by atoms with Crippen LogP contribution >= 0.6 is 0 Å². The second kappa shape index (κ2) is 7.99. The van der Waals surface area contributed by atoms with Gasteiger partial charge in [0.1, 0.15) is 11.7 Å². The lowest BCUT2D eigenvalue weighted by Crippen LogP contribution is -2.40. The molecule has 2 atom stereocenters. The number of Topliss-reactive ketones (excluding diaryl/α,β-unsaturated/α-hetero) is 1. The van der Waals surface area contributed by atoms with Crippen molar-refractivity contribution in [1.29, 1.82) is 5.26 Å². The van der Waals surface area contributed by atoms with Gasteiger partial charge >= 0.3 is 5.97 Å². The minimum atomic E-state index is -0.921. The summed E-state index contributed by atoms with van der Waals surface area (Å²) in [5.41, 5.74) is -0.173. The maximum Gasteiger partial charge on any atom is 0.316 e.